The highest BCUT2D eigenvalue weighted by Crippen LogP contribution is 1.92. The van der Waals surface area contributed by atoms with E-state index < -0.39 is 0 Å². The smallest absolute Gasteiger partial charge is 0.279 e. The van der Waals surface area contributed by atoms with E-state index in [9.17, 15) is 4.79 Å². The molecule has 0 aliphatic carbocycles. The van der Waals surface area contributed by atoms with Crippen LogP contribution >= 0.6 is 0 Å². The van der Waals surface area contributed by atoms with E-state index >= 15 is 0 Å². The Morgan fingerprint density at radius 2 is 2.60 bits per heavy atom. The van der Waals surface area contributed by atoms with Gasteiger partial charge in [0.25, 0.3) is 5.91 Å². The molecule has 0 fully saturated rings. The van der Waals surface area contributed by atoms with Crippen LogP contribution < -0.4 is 11.3 Å². The molecular weight excluding hydrogens is 132 g/mol. The zero-order valence-corrected chi connectivity index (χ0v) is 5.37. The Morgan fingerprint density at radius 3 is 3.10 bits per heavy atom. The summed E-state index contributed by atoms with van der Waals surface area (Å²) in [7, 11) is 0. The lowest BCUT2D eigenvalue weighted by Gasteiger charge is -2.03. The standard InChI is InChI=1S/C5H8N4O/c6-9-5(10)4-1-2-7-3-8-4/h3H,1-2,6H2,(H,9,10). The first-order chi connectivity index (χ1) is 4.84. The minimum absolute atomic E-state index is 0.328. The summed E-state index contributed by atoms with van der Waals surface area (Å²) in [4.78, 5) is 18.3. The molecule has 0 saturated carbocycles. The van der Waals surface area contributed by atoms with Gasteiger partial charge in [-0.3, -0.25) is 15.2 Å². The fraction of sp³-hybridized carbons (Fsp3) is 0.400. The number of hydrazine groups is 1. The molecule has 0 spiro atoms. The van der Waals surface area contributed by atoms with Crippen molar-refractivity contribution < 1.29 is 4.79 Å². The average Bonchev–Trinajstić information content (AvgIpc) is 2.05. The Labute approximate surface area is 58.0 Å². The number of amides is 1. The summed E-state index contributed by atoms with van der Waals surface area (Å²) >= 11 is 0. The molecule has 0 aromatic carbocycles. The van der Waals surface area contributed by atoms with Gasteiger partial charge in [-0.1, -0.05) is 0 Å². The summed E-state index contributed by atoms with van der Waals surface area (Å²) in [5.74, 6) is 4.55. The average molecular weight is 140 g/mol. The van der Waals surface area contributed by atoms with Crippen molar-refractivity contribution in [3.05, 3.63) is 0 Å². The van der Waals surface area contributed by atoms with Crippen molar-refractivity contribution in [2.75, 3.05) is 6.54 Å². The third-order valence-electron chi connectivity index (χ3n) is 1.17. The highest BCUT2D eigenvalue weighted by molar-refractivity contribution is 6.40. The number of carbonyl (C=O) groups excluding carboxylic acids is 1. The van der Waals surface area contributed by atoms with Crippen molar-refractivity contribution in [3.63, 3.8) is 0 Å². The summed E-state index contributed by atoms with van der Waals surface area (Å²) in [6, 6.07) is 0. The number of carbonyl (C=O) groups is 1. The number of hydrogen-bond donors (Lipinski definition) is 2. The molecule has 1 aliphatic rings. The van der Waals surface area contributed by atoms with Crippen LogP contribution in [-0.2, 0) is 4.79 Å². The van der Waals surface area contributed by atoms with Crippen molar-refractivity contribution in [2.45, 2.75) is 6.42 Å². The third-order valence-corrected chi connectivity index (χ3v) is 1.17. The molecule has 0 aromatic heterocycles. The molecule has 1 rings (SSSR count). The van der Waals surface area contributed by atoms with Crippen molar-refractivity contribution in [2.24, 2.45) is 15.8 Å². The maximum absolute atomic E-state index is 10.7. The maximum Gasteiger partial charge on any atom is 0.279 e. The van der Waals surface area contributed by atoms with Crippen LogP contribution in [0.1, 0.15) is 6.42 Å². The van der Waals surface area contributed by atoms with Gasteiger partial charge in [-0.05, 0) is 0 Å². The van der Waals surface area contributed by atoms with Crippen LogP contribution in [-0.4, -0.2) is 24.5 Å². The normalized spacial score (nSPS) is 16.3. The Hall–Kier alpha value is -1.23. The van der Waals surface area contributed by atoms with Gasteiger partial charge in [0.05, 0.1) is 0 Å². The fourth-order valence-corrected chi connectivity index (χ4v) is 0.659. The summed E-state index contributed by atoms with van der Waals surface area (Å²) < 4.78 is 0. The van der Waals surface area contributed by atoms with E-state index in [-0.39, 0.29) is 5.91 Å². The lowest BCUT2D eigenvalue weighted by atomic mass is 10.2. The molecule has 0 saturated heterocycles. The first kappa shape index (κ1) is 6.88. The largest absolute Gasteiger partial charge is 0.289 e. The number of nitrogens with zero attached hydrogens (tertiary/aromatic N) is 2. The summed E-state index contributed by atoms with van der Waals surface area (Å²) in [5.41, 5.74) is 2.45. The van der Waals surface area contributed by atoms with Crippen LogP contribution in [0.15, 0.2) is 9.98 Å². The van der Waals surface area contributed by atoms with Gasteiger partial charge in [-0.2, -0.15) is 0 Å². The zero-order chi connectivity index (χ0) is 7.40. The quantitative estimate of drug-likeness (QED) is 0.274. The van der Waals surface area contributed by atoms with Gasteiger partial charge in [-0.15, -0.1) is 0 Å². The highest BCUT2D eigenvalue weighted by atomic mass is 16.2. The van der Waals surface area contributed by atoms with Crippen LogP contribution in [0.2, 0.25) is 0 Å². The van der Waals surface area contributed by atoms with Crippen LogP contribution in [0.5, 0.6) is 0 Å². The van der Waals surface area contributed by atoms with Gasteiger partial charge < -0.3 is 0 Å². The zero-order valence-electron chi connectivity index (χ0n) is 5.37. The van der Waals surface area contributed by atoms with Gasteiger partial charge in [0.2, 0.25) is 0 Å². The van der Waals surface area contributed by atoms with Crippen molar-refractivity contribution >= 4 is 18.0 Å². The van der Waals surface area contributed by atoms with Gasteiger partial charge in [0, 0.05) is 13.0 Å². The van der Waals surface area contributed by atoms with Crippen molar-refractivity contribution in [3.8, 4) is 0 Å². The minimum Gasteiger partial charge on any atom is -0.289 e. The van der Waals surface area contributed by atoms with E-state index in [1.165, 1.54) is 6.34 Å². The molecule has 5 heteroatoms. The molecule has 54 valence electrons. The molecule has 0 radical (unpaired) electrons. The first-order valence-corrected chi connectivity index (χ1v) is 2.90. The lowest BCUT2D eigenvalue weighted by molar-refractivity contribution is -0.115. The predicted octanol–water partition coefficient (Wildman–Crippen LogP) is -1.15. The summed E-state index contributed by atoms with van der Waals surface area (Å²) in [6.07, 6.45) is 1.94. The number of hydrogen-bond acceptors (Lipinski definition) is 4. The van der Waals surface area contributed by atoms with Crippen molar-refractivity contribution in [1.82, 2.24) is 5.43 Å². The first-order valence-electron chi connectivity index (χ1n) is 2.90. The number of aliphatic imine (C=N–C) groups is 2. The van der Waals surface area contributed by atoms with Crippen LogP contribution in [0.3, 0.4) is 0 Å². The molecule has 0 atom stereocenters. The van der Waals surface area contributed by atoms with Gasteiger partial charge in [0.15, 0.2) is 0 Å². The van der Waals surface area contributed by atoms with E-state index in [1.54, 1.807) is 0 Å². The summed E-state index contributed by atoms with van der Waals surface area (Å²) in [6.45, 7) is 0.617. The molecule has 1 aliphatic heterocycles. The van der Waals surface area contributed by atoms with Gasteiger partial charge in [-0.25, -0.2) is 10.8 Å². The molecule has 0 bridgehead atoms. The Bertz CT molecular complexity index is 196. The summed E-state index contributed by atoms with van der Waals surface area (Å²) in [5, 5.41) is 0. The van der Waals surface area contributed by atoms with Crippen molar-refractivity contribution in [1.29, 1.82) is 0 Å². The number of rotatable bonds is 1. The predicted molar refractivity (Wildman–Crippen MR) is 37.7 cm³/mol. The molecule has 1 heterocycles. The van der Waals surface area contributed by atoms with Gasteiger partial charge in [0.1, 0.15) is 12.1 Å². The molecule has 5 nitrogen and oxygen atoms in total. The van der Waals surface area contributed by atoms with E-state index in [2.05, 4.69) is 9.98 Å². The SMILES string of the molecule is NNC(=O)C1=NC=NCC1. The fourth-order valence-electron chi connectivity index (χ4n) is 0.659. The molecule has 0 unspecified atom stereocenters. The number of nitrogens with one attached hydrogen (secondary N) is 1. The third kappa shape index (κ3) is 1.38. The van der Waals surface area contributed by atoms with E-state index in [4.69, 9.17) is 5.84 Å². The van der Waals surface area contributed by atoms with Crippen LogP contribution in [0.4, 0.5) is 0 Å². The minimum atomic E-state index is -0.328. The molecule has 10 heavy (non-hydrogen) atoms. The molecular formula is C5H8N4O. The Kier molecular flexibility index (Phi) is 2.11. The Balaban J connectivity index is 2.62. The topological polar surface area (TPSA) is 79.8 Å². The van der Waals surface area contributed by atoms with E-state index in [0.717, 1.165) is 0 Å². The van der Waals surface area contributed by atoms with Crippen LogP contribution in [0, 0.1) is 0 Å². The second kappa shape index (κ2) is 3.07. The number of nitrogens with two attached hydrogens (primary N) is 1. The molecule has 3 N–H and O–H groups in total. The highest BCUT2D eigenvalue weighted by Gasteiger charge is 2.09. The second-order valence-electron chi connectivity index (χ2n) is 1.82. The van der Waals surface area contributed by atoms with E-state index in [0.29, 0.717) is 18.7 Å². The van der Waals surface area contributed by atoms with Crippen LogP contribution in [0.25, 0.3) is 0 Å². The second-order valence-corrected chi connectivity index (χ2v) is 1.82. The molecule has 0 aromatic rings. The van der Waals surface area contributed by atoms with E-state index in [1.807, 2.05) is 5.43 Å². The Morgan fingerprint density at radius 1 is 1.80 bits per heavy atom. The monoisotopic (exact) mass is 140 g/mol. The maximum atomic E-state index is 10.7. The van der Waals surface area contributed by atoms with Gasteiger partial charge >= 0.3 is 0 Å². The lowest BCUT2D eigenvalue weighted by Crippen LogP contribution is -2.37. The molecule has 1 amide bonds.